The van der Waals surface area contributed by atoms with E-state index in [1.807, 2.05) is 25.2 Å². The van der Waals surface area contributed by atoms with Crippen molar-refractivity contribution in [2.75, 3.05) is 7.05 Å². The molecule has 2 rings (SSSR count). The number of benzene rings is 1. The summed E-state index contributed by atoms with van der Waals surface area (Å²) in [5, 5.41) is 3.33. The fraction of sp³-hybridized carbons (Fsp3) is 0.412. The minimum atomic E-state index is -0.194. The van der Waals surface area contributed by atoms with Crippen molar-refractivity contribution in [3.05, 3.63) is 59.3 Å². The lowest BCUT2D eigenvalue weighted by Crippen LogP contribution is -2.21. The Morgan fingerprint density at radius 2 is 1.90 bits per heavy atom. The van der Waals surface area contributed by atoms with Gasteiger partial charge in [0.1, 0.15) is 17.3 Å². The van der Waals surface area contributed by atoms with Gasteiger partial charge in [0.05, 0.1) is 13.1 Å². The Hall–Kier alpha value is -1.65. The van der Waals surface area contributed by atoms with E-state index in [4.69, 9.17) is 4.42 Å². The first kappa shape index (κ1) is 15.7. The lowest BCUT2D eigenvalue weighted by molar-refractivity contribution is 0.282. The molecule has 2 aromatic rings. The number of hydrogen-bond donors (Lipinski definition) is 1. The summed E-state index contributed by atoms with van der Waals surface area (Å²) in [6.07, 6.45) is 0. The summed E-state index contributed by atoms with van der Waals surface area (Å²) < 4.78 is 18.9. The van der Waals surface area contributed by atoms with Crippen molar-refractivity contribution in [1.82, 2.24) is 10.2 Å². The first-order valence-electron chi connectivity index (χ1n) is 7.27. The number of nitrogens with one attached hydrogen (secondary N) is 1. The standard InChI is InChI=1S/C17H23FN2O/c1-13(2)19-10-16-7-8-17(21-16)12-20(3)11-14-5-4-6-15(18)9-14/h4-9,13,19H,10-12H2,1-3H3. The smallest absolute Gasteiger partial charge is 0.123 e. The third kappa shape index (κ3) is 5.33. The van der Waals surface area contributed by atoms with Gasteiger partial charge in [-0.3, -0.25) is 4.90 Å². The summed E-state index contributed by atoms with van der Waals surface area (Å²) >= 11 is 0. The van der Waals surface area contributed by atoms with Crippen LogP contribution in [0.15, 0.2) is 40.8 Å². The average Bonchev–Trinajstić information content (AvgIpc) is 2.83. The van der Waals surface area contributed by atoms with Gasteiger partial charge >= 0.3 is 0 Å². The maximum Gasteiger partial charge on any atom is 0.123 e. The van der Waals surface area contributed by atoms with Crippen LogP contribution in [0.5, 0.6) is 0 Å². The maximum atomic E-state index is 13.2. The van der Waals surface area contributed by atoms with E-state index >= 15 is 0 Å². The van der Waals surface area contributed by atoms with Crippen LogP contribution in [0.4, 0.5) is 4.39 Å². The largest absolute Gasteiger partial charge is 0.463 e. The van der Waals surface area contributed by atoms with E-state index in [0.29, 0.717) is 19.1 Å². The van der Waals surface area contributed by atoms with Crippen molar-refractivity contribution in [3.8, 4) is 0 Å². The number of furan rings is 1. The Labute approximate surface area is 125 Å². The van der Waals surface area contributed by atoms with E-state index in [1.54, 1.807) is 12.1 Å². The van der Waals surface area contributed by atoms with Gasteiger partial charge in [-0.2, -0.15) is 0 Å². The van der Waals surface area contributed by atoms with Gasteiger partial charge < -0.3 is 9.73 Å². The summed E-state index contributed by atoms with van der Waals surface area (Å²) in [5.41, 5.74) is 0.964. The Balaban J connectivity index is 1.86. The van der Waals surface area contributed by atoms with Gasteiger partial charge in [0.25, 0.3) is 0 Å². The molecule has 0 unspecified atom stereocenters. The molecule has 21 heavy (non-hydrogen) atoms. The first-order chi connectivity index (χ1) is 10.0. The van der Waals surface area contributed by atoms with Crippen LogP contribution >= 0.6 is 0 Å². The van der Waals surface area contributed by atoms with Crippen LogP contribution in [0, 0.1) is 5.82 Å². The molecular weight excluding hydrogens is 267 g/mol. The van der Waals surface area contributed by atoms with Crippen LogP contribution in [0.2, 0.25) is 0 Å². The molecule has 1 heterocycles. The molecule has 1 aromatic heterocycles. The second-order valence-corrected chi connectivity index (χ2v) is 5.71. The number of halogens is 1. The van der Waals surface area contributed by atoms with E-state index < -0.39 is 0 Å². The van der Waals surface area contributed by atoms with Gasteiger partial charge in [0.2, 0.25) is 0 Å². The molecule has 0 saturated heterocycles. The van der Waals surface area contributed by atoms with Crippen molar-refractivity contribution in [1.29, 1.82) is 0 Å². The van der Waals surface area contributed by atoms with Crippen LogP contribution in [-0.2, 0) is 19.6 Å². The highest BCUT2D eigenvalue weighted by molar-refractivity contribution is 5.16. The molecular formula is C17H23FN2O. The zero-order valence-electron chi connectivity index (χ0n) is 12.9. The predicted molar refractivity (Wildman–Crippen MR) is 82.3 cm³/mol. The molecule has 4 heteroatoms. The molecule has 1 aromatic carbocycles. The number of rotatable bonds is 7. The SMILES string of the molecule is CC(C)NCc1ccc(CN(C)Cc2cccc(F)c2)o1. The lowest BCUT2D eigenvalue weighted by Gasteiger charge is -2.15. The van der Waals surface area contributed by atoms with Crippen molar-refractivity contribution < 1.29 is 8.81 Å². The molecule has 0 aliphatic heterocycles. The Morgan fingerprint density at radius 1 is 1.14 bits per heavy atom. The second-order valence-electron chi connectivity index (χ2n) is 5.71. The molecule has 0 bridgehead atoms. The summed E-state index contributed by atoms with van der Waals surface area (Å²) in [6, 6.07) is 11.1. The van der Waals surface area contributed by atoms with Gasteiger partial charge in [-0.25, -0.2) is 4.39 Å². The van der Waals surface area contributed by atoms with Crippen LogP contribution in [0.25, 0.3) is 0 Å². The van der Waals surface area contributed by atoms with Crippen molar-refractivity contribution >= 4 is 0 Å². The molecule has 114 valence electrons. The molecule has 0 aliphatic carbocycles. The Bertz CT molecular complexity index is 565. The fourth-order valence-corrected chi connectivity index (χ4v) is 2.18. The number of nitrogens with zero attached hydrogens (tertiary/aromatic N) is 1. The summed E-state index contributed by atoms with van der Waals surface area (Å²) in [5.74, 6) is 1.67. The van der Waals surface area contributed by atoms with Crippen molar-refractivity contribution in [2.45, 2.75) is 39.5 Å². The van der Waals surface area contributed by atoms with Gasteiger partial charge in [0, 0.05) is 12.6 Å². The maximum absolute atomic E-state index is 13.2. The second kappa shape index (κ2) is 7.38. The minimum absolute atomic E-state index is 0.194. The molecule has 0 fully saturated rings. The Morgan fingerprint density at radius 3 is 2.62 bits per heavy atom. The highest BCUT2D eigenvalue weighted by atomic mass is 19.1. The average molecular weight is 290 g/mol. The molecule has 0 aliphatic rings. The molecule has 0 saturated carbocycles. The highest BCUT2D eigenvalue weighted by Crippen LogP contribution is 2.12. The molecule has 0 amide bonds. The van der Waals surface area contributed by atoms with Gasteiger partial charge in [-0.15, -0.1) is 0 Å². The van der Waals surface area contributed by atoms with E-state index in [-0.39, 0.29) is 5.82 Å². The van der Waals surface area contributed by atoms with Gasteiger partial charge in [-0.05, 0) is 36.9 Å². The summed E-state index contributed by atoms with van der Waals surface area (Å²) in [4.78, 5) is 2.10. The zero-order valence-corrected chi connectivity index (χ0v) is 12.9. The first-order valence-corrected chi connectivity index (χ1v) is 7.27. The molecule has 0 atom stereocenters. The molecule has 3 nitrogen and oxygen atoms in total. The highest BCUT2D eigenvalue weighted by Gasteiger charge is 2.07. The topological polar surface area (TPSA) is 28.4 Å². The summed E-state index contributed by atoms with van der Waals surface area (Å²) in [7, 11) is 2.00. The fourth-order valence-electron chi connectivity index (χ4n) is 2.18. The van der Waals surface area contributed by atoms with Crippen molar-refractivity contribution in [2.24, 2.45) is 0 Å². The zero-order chi connectivity index (χ0) is 15.2. The monoisotopic (exact) mass is 290 g/mol. The number of hydrogen-bond acceptors (Lipinski definition) is 3. The third-order valence-corrected chi connectivity index (χ3v) is 3.17. The minimum Gasteiger partial charge on any atom is -0.463 e. The van der Waals surface area contributed by atoms with Gasteiger partial charge in [0.15, 0.2) is 0 Å². The van der Waals surface area contributed by atoms with E-state index in [9.17, 15) is 4.39 Å². The Kier molecular flexibility index (Phi) is 5.53. The van der Waals surface area contributed by atoms with Crippen LogP contribution in [-0.4, -0.2) is 18.0 Å². The van der Waals surface area contributed by atoms with Crippen LogP contribution < -0.4 is 5.32 Å². The predicted octanol–water partition coefficient (Wildman–Crippen LogP) is 3.55. The van der Waals surface area contributed by atoms with Crippen LogP contribution in [0.3, 0.4) is 0 Å². The van der Waals surface area contributed by atoms with E-state index in [2.05, 4.69) is 24.1 Å². The molecule has 1 N–H and O–H groups in total. The third-order valence-electron chi connectivity index (χ3n) is 3.17. The molecule has 0 radical (unpaired) electrons. The quantitative estimate of drug-likeness (QED) is 0.845. The normalized spacial score (nSPS) is 11.5. The van der Waals surface area contributed by atoms with Gasteiger partial charge in [-0.1, -0.05) is 26.0 Å². The molecule has 0 spiro atoms. The van der Waals surface area contributed by atoms with E-state index in [1.165, 1.54) is 6.07 Å². The van der Waals surface area contributed by atoms with Crippen LogP contribution in [0.1, 0.15) is 30.9 Å². The van der Waals surface area contributed by atoms with E-state index in [0.717, 1.165) is 23.6 Å². The lowest BCUT2D eigenvalue weighted by atomic mass is 10.2. The van der Waals surface area contributed by atoms with Crippen molar-refractivity contribution in [3.63, 3.8) is 0 Å². The summed E-state index contributed by atoms with van der Waals surface area (Å²) in [6.45, 7) is 6.36.